The van der Waals surface area contributed by atoms with Gasteiger partial charge in [0, 0.05) is 44.1 Å². The van der Waals surface area contributed by atoms with E-state index in [4.69, 9.17) is 0 Å². The predicted octanol–water partition coefficient (Wildman–Crippen LogP) is 1.48. The van der Waals surface area contributed by atoms with Gasteiger partial charge in [-0.1, -0.05) is 6.92 Å². The molecule has 0 saturated carbocycles. The van der Waals surface area contributed by atoms with Gasteiger partial charge in [-0.2, -0.15) is 0 Å². The van der Waals surface area contributed by atoms with Crippen molar-refractivity contribution in [2.24, 2.45) is 0 Å². The number of urea groups is 1. The number of likely N-dealkylation sites (tertiary alicyclic amines) is 2. The lowest BCUT2D eigenvalue weighted by molar-refractivity contribution is -0.135. The van der Waals surface area contributed by atoms with Gasteiger partial charge in [-0.05, 0) is 50.8 Å². The van der Waals surface area contributed by atoms with E-state index in [-0.39, 0.29) is 23.9 Å². The number of hydrogen-bond acceptors (Lipinski definition) is 5. The Morgan fingerprint density at radius 2 is 1.93 bits per heavy atom. The molecule has 0 aliphatic carbocycles. The number of aromatic nitrogens is 1. The Labute approximate surface area is 171 Å². The van der Waals surface area contributed by atoms with Crippen LogP contribution in [0.15, 0.2) is 24.5 Å². The molecule has 8 heteroatoms. The molecule has 1 spiro atoms. The van der Waals surface area contributed by atoms with E-state index in [1.54, 1.807) is 29.4 Å². The first-order valence-electron chi connectivity index (χ1n) is 10.6. The summed E-state index contributed by atoms with van der Waals surface area (Å²) >= 11 is 0. The molecule has 3 aliphatic heterocycles. The molecule has 0 unspecified atom stereocenters. The second-order valence-corrected chi connectivity index (χ2v) is 8.31. The summed E-state index contributed by atoms with van der Waals surface area (Å²) in [5.74, 6) is -0.186. The largest absolute Gasteiger partial charge is 0.337 e. The molecule has 4 amide bonds. The van der Waals surface area contributed by atoms with Crippen molar-refractivity contribution in [3.8, 4) is 0 Å². The fourth-order valence-corrected chi connectivity index (χ4v) is 4.81. The molecular formula is C21H29N5O3. The van der Waals surface area contributed by atoms with E-state index >= 15 is 0 Å². The van der Waals surface area contributed by atoms with Gasteiger partial charge in [0.25, 0.3) is 11.8 Å². The molecule has 0 aromatic carbocycles. The Morgan fingerprint density at radius 1 is 1.21 bits per heavy atom. The minimum atomic E-state index is -0.765. The van der Waals surface area contributed by atoms with Gasteiger partial charge in [-0.15, -0.1) is 0 Å². The summed E-state index contributed by atoms with van der Waals surface area (Å²) in [6, 6.07) is 2.81. The van der Waals surface area contributed by atoms with E-state index in [1.807, 2.05) is 0 Å². The third-order valence-electron chi connectivity index (χ3n) is 6.42. The van der Waals surface area contributed by atoms with Crippen LogP contribution < -0.4 is 5.32 Å². The molecule has 8 nitrogen and oxygen atoms in total. The zero-order valence-corrected chi connectivity index (χ0v) is 17.0. The first-order valence-corrected chi connectivity index (χ1v) is 10.6. The third kappa shape index (κ3) is 3.73. The Bertz CT molecular complexity index is 776. The normalized spacial score (nSPS) is 24.8. The number of amides is 4. The minimum Gasteiger partial charge on any atom is -0.337 e. The lowest BCUT2D eigenvalue weighted by Crippen LogP contribution is -2.56. The highest BCUT2D eigenvalue weighted by Gasteiger charge is 2.54. The van der Waals surface area contributed by atoms with Crippen molar-refractivity contribution in [2.75, 3.05) is 32.7 Å². The molecule has 3 fully saturated rings. The highest BCUT2D eigenvalue weighted by Crippen LogP contribution is 2.32. The minimum absolute atomic E-state index is 0.0771. The summed E-state index contributed by atoms with van der Waals surface area (Å²) in [6.07, 6.45) is 7.10. The molecule has 1 aromatic rings. The van der Waals surface area contributed by atoms with Crippen LogP contribution in [0.25, 0.3) is 0 Å². The molecule has 1 atom stereocenters. The molecular weight excluding hydrogens is 370 g/mol. The van der Waals surface area contributed by atoms with E-state index < -0.39 is 5.54 Å². The van der Waals surface area contributed by atoms with Crippen LogP contribution in [0.3, 0.4) is 0 Å². The van der Waals surface area contributed by atoms with Crippen molar-refractivity contribution < 1.29 is 14.4 Å². The number of piperidine rings is 2. The second kappa shape index (κ2) is 8.10. The lowest BCUT2D eigenvalue weighted by Gasteiger charge is -2.39. The van der Waals surface area contributed by atoms with Gasteiger partial charge in [0.05, 0.1) is 6.04 Å². The SMILES string of the molecule is CCCN1CCC2(CC1)NC(=O)N([C@H]1CCCN(C(=O)c3ccncc3)C1)C2=O. The number of imide groups is 1. The zero-order valence-electron chi connectivity index (χ0n) is 17.0. The molecule has 3 aliphatic rings. The van der Waals surface area contributed by atoms with Crippen molar-refractivity contribution >= 4 is 17.8 Å². The molecule has 3 saturated heterocycles. The maximum atomic E-state index is 13.3. The second-order valence-electron chi connectivity index (χ2n) is 8.31. The molecule has 156 valence electrons. The maximum Gasteiger partial charge on any atom is 0.325 e. The zero-order chi connectivity index (χ0) is 20.4. The van der Waals surface area contributed by atoms with Crippen molar-refractivity contribution in [3.05, 3.63) is 30.1 Å². The van der Waals surface area contributed by atoms with Crippen LogP contribution in [0.1, 0.15) is 49.4 Å². The molecule has 0 radical (unpaired) electrons. The predicted molar refractivity (Wildman–Crippen MR) is 107 cm³/mol. The van der Waals surface area contributed by atoms with Crippen molar-refractivity contribution in [1.82, 2.24) is 25.0 Å². The number of nitrogens with one attached hydrogen (secondary N) is 1. The van der Waals surface area contributed by atoms with E-state index in [1.165, 1.54) is 4.90 Å². The number of hydrogen-bond donors (Lipinski definition) is 1. The van der Waals surface area contributed by atoms with Crippen LogP contribution in [0.5, 0.6) is 0 Å². The average molecular weight is 399 g/mol. The number of nitrogens with zero attached hydrogens (tertiary/aromatic N) is 4. The summed E-state index contributed by atoms with van der Waals surface area (Å²) in [5.41, 5.74) is -0.184. The van der Waals surface area contributed by atoms with Crippen LogP contribution in [0, 0.1) is 0 Å². The molecule has 4 rings (SSSR count). The Hall–Kier alpha value is -2.48. The van der Waals surface area contributed by atoms with Gasteiger partial charge < -0.3 is 15.1 Å². The molecule has 1 aromatic heterocycles. The summed E-state index contributed by atoms with van der Waals surface area (Å²) in [5, 5.41) is 3.00. The Kier molecular flexibility index (Phi) is 5.54. The number of carbonyl (C=O) groups excluding carboxylic acids is 3. The van der Waals surface area contributed by atoms with Crippen LogP contribution in [0.4, 0.5) is 4.79 Å². The summed E-state index contributed by atoms with van der Waals surface area (Å²) < 4.78 is 0. The third-order valence-corrected chi connectivity index (χ3v) is 6.42. The standard InChI is InChI=1S/C21H29N5O3/c1-2-11-24-13-7-21(8-14-24)19(28)26(20(29)23-21)17-4-3-12-25(15-17)18(27)16-5-9-22-10-6-16/h5-6,9-10,17H,2-4,7-8,11-15H2,1H3,(H,23,29)/t17-/m0/s1. The summed E-state index contributed by atoms with van der Waals surface area (Å²) in [6.45, 7) is 5.85. The molecule has 1 N–H and O–H groups in total. The van der Waals surface area contributed by atoms with Gasteiger partial charge in [0.15, 0.2) is 0 Å². The van der Waals surface area contributed by atoms with Crippen LogP contribution in [0.2, 0.25) is 0 Å². The van der Waals surface area contributed by atoms with Crippen molar-refractivity contribution in [3.63, 3.8) is 0 Å². The lowest BCUT2D eigenvalue weighted by atomic mass is 9.87. The quantitative estimate of drug-likeness (QED) is 0.775. The van der Waals surface area contributed by atoms with E-state index in [0.29, 0.717) is 31.5 Å². The number of carbonyl (C=O) groups is 3. The number of rotatable bonds is 4. The Morgan fingerprint density at radius 3 is 2.62 bits per heavy atom. The van der Waals surface area contributed by atoms with Crippen molar-refractivity contribution in [1.29, 1.82) is 0 Å². The summed E-state index contributed by atoms with van der Waals surface area (Å²) in [4.78, 5) is 48.4. The van der Waals surface area contributed by atoms with Crippen LogP contribution in [-0.2, 0) is 4.79 Å². The number of pyridine rings is 1. The van der Waals surface area contributed by atoms with Crippen molar-refractivity contribution in [2.45, 2.75) is 50.6 Å². The van der Waals surface area contributed by atoms with Gasteiger partial charge in [0.2, 0.25) is 0 Å². The molecule has 4 heterocycles. The molecule has 29 heavy (non-hydrogen) atoms. The monoisotopic (exact) mass is 399 g/mol. The van der Waals surface area contributed by atoms with Gasteiger partial charge in [-0.3, -0.25) is 19.5 Å². The van der Waals surface area contributed by atoms with Gasteiger partial charge >= 0.3 is 6.03 Å². The average Bonchev–Trinajstić information content (AvgIpc) is 2.99. The summed E-state index contributed by atoms with van der Waals surface area (Å²) in [7, 11) is 0. The maximum absolute atomic E-state index is 13.3. The van der Waals surface area contributed by atoms with E-state index in [2.05, 4.69) is 22.1 Å². The smallest absolute Gasteiger partial charge is 0.325 e. The van der Waals surface area contributed by atoms with Gasteiger partial charge in [0.1, 0.15) is 5.54 Å². The topological polar surface area (TPSA) is 85.8 Å². The first-order chi connectivity index (χ1) is 14.0. The van der Waals surface area contributed by atoms with Gasteiger partial charge in [-0.25, -0.2) is 4.79 Å². The van der Waals surface area contributed by atoms with E-state index in [9.17, 15) is 14.4 Å². The fraction of sp³-hybridized carbons (Fsp3) is 0.619. The first kappa shape index (κ1) is 19.8. The van der Waals surface area contributed by atoms with E-state index in [0.717, 1.165) is 38.9 Å². The van der Waals surface area contributed by atoms with Crippen LogP contribution >= 0.6 is 0 Å². The van der Waals surface area contributed by atoms with Crippen LogP contribution in [-0.4, -0.2) is 81.8 Å². The highest BCUT2D eigenvalue weighted by molar-refractivity contribution is 6.07. The molecule has 0 bridgehead atoms. The fourth-order valence-electron chi connectivity index (χ4n) is 4.81. The Balaban J connectivity index is 1.45. The highest BCUT2D eigenvalue weighted by atomic mass is 16.2.